The van der Waals surface area contributed by atoms with Crippen molar-refractivity contribution in [3.05, 3.63) is 77.4 Å². The molecule has 1 aromatic heterocycles. The number of allylic oxidation sites excluding steroid dienone is 1. The zero-order chi connectivity index (χ0) is 22.4. The lowest BCUT2D eigenvalue weighted by molar-refractivity contribution is -0.0232. The maximum Gasteiger partial charge on any atom is 0.336 e. The van der Waals surface area contributed by atoms with Gasteiger partial charge in [0.15, 0.2) is 5.82 Å². The Hall–Kier alpha value is -3.35. The van der Waals surface area contributed by atoms with E-state index >= 15 is 0 Å². The number of aromatic carboxylic acids is 1. The maximum atomic E-state index is 14.3. The van der Waals surface area contributed by atoms with Gasteiger partial charge in [-0.05, 0) is 41.7 Å². The van der Waals surface area contributed by atoms with Crippen LogP contribution in [0.2, 0.25) is 0 Å². The minimum Gasteiger partial charge on any atom is -0.478 e. The Kier molecular flexibility index (Phi) is 6.95. The number of carbonyl (C=O) groups is 1. The van der Waals surface area contributed by atoms with Crippen LogP contribution in [0.4, 0.5) is 8.78 Å². The predicted octanol–water partition coefficient (Wildman–Crippen LogP) is 6.01. The van der Waals surface area contributed by atoms with Crippen LogP contribution in [-0.4, -0.2) is 25.8 Å². The van der Waals surface area contributed by atoms with E-state index in [4.69, 9.17) is 0 Å². The van der Waals surface area contributed by atoms with E-state index in [1.807, 2.05) is 37.3 Å². The molecule has 0 unspecified atom stereocenters. The third-order valence-corrected chi connectivity index (χ3v) is 4.85. The van der Waals surface area contributed by atoms with Crippen molar-refractivity contribution >= 4 is 12.0 Å². The summed E-state index contributed by atoms with van der Waals surface area (Å²) in [5.74, 6) is -4.14. The highest BCUT2D eigenvalue weighted by Crippen LogP contribution is 2.31. The summed E-state index contributed by atoms with van der Waals surface area (Å²) in [5.41, 5.74) is 2.45. The normalized spacial score (nSPS) is 11.9. The van der Waals surface area contributed by atoms with Crippen LogP contribution >= 0.6 is 0 Å². The van der Waals surface area contributed by atoms with E-state index in [-0.39, 0.29) is 18.5 Å². The Bertz CT molecular complexity index is 1070. The number of carboxylic acids is 1. The largest absolute Gasteiger partial charge is 0.478 e. The molecule has 0 amide bonds. The van der Waals surface area contributed by atoms with Crippen molar-refractivity contribution in [2.45, 2.75) is 45.6 Å². The number of hydrogen-bond acceptors (Lipinski definition) is 3. The SMILES string of the molecule is CCC=Cc1nc(C(F)(F)CCC)nn1Cc1ccc(-c2ccccc2C(=O)O)cc1. The first-order valence-corrected chi connectivity index (χ1v) is 10.3. The summed E-state index contributed by atoms with van der Waals surface area (Å²) in [6, 6.07) is 14.1. The molecule has 0 aliphatic heterocycles. The molecule has 31 heavy (non-hydrogen) atoms. The number of halogens is 2. The molecule has 0 saturated heterocycles. The highest BCUT2D eigenvalue weighted by molar-refractivity contribution is 5.95. The monoisotopic (exact) mass is 425 g/mol. The molecule has 3 aromatic rings. The molecule has 1 heterocycles. The van der Waals surface area contributed by atoms with E-state index in [1.54, 1.807) is 37.3 Å². The number of benzene rings is 2. The van der Waals surface area contributed by atoms with Crippen LogP contribution in [0.25, 0.3) is 17.2 Å². The van der Waals surface area contributed by atoms with Gasteiger partial charge < -0.3 is 5.11 Å². The average molecular weight is 425 g/mol. The first-order chi connectivity index (χ1) is 14.9. The summed E-state index contributed by atoms with van der Waals surface area (Å²) in [6.07, 6.45) is 4.35. The molecule has 5 nitrogen and oxygen atoms in total. The number of carboxylic acid groups (broad SMARTS) is 1. The Labute approximate surface area is 180 Å². The van der Waals surface area contributed by atoms with Crippen LogP contribution in [0.5, 0.6) is 0 Å². The molecule has 2 aromatic carbocycles. The lowest BCUT2D eigenvalue weighted by atomic mass is 9.99. The van der Waals surface area contributed by atoms with Crippen molar-refractivity contribution in [2.24, 2.45) is 0 Å². The molecule has 162 valence electrons. The van der Waals surface area contributed by atoms with E-state index in [2.05, 4.69) is 10.1 Å². The van der Waals surface area contributed by atoms with E-state index in [9.17, 15) is 18.7 Å². The lowest BCUT2D eigenvalue weighted by Crippen LogP contribution is -2.15. The smallest absolute Gasteiger partial charge is 0.336 e. The molecular weight excluding hydrogens is 400 g/mol. The Morgan fingerprint density at radius 1 is 1.13 bits per heavy atom. The number of rotatable bonds is 9. The van der Waals surface area contributed by atoms with Crippen molar-refractivity contribution in [1.82, 2.24) is 14.8 Å². The molecule has 1 N–H and O–H groups in total. The zero-order valence-electron chi connectivity index (χ0n) is 17.6. The molecule has 0 spiro atoms. The second-order valence-corrected chi connectivity index (χ2v) is 7.26. The molecular formula is C24H25F2N3O2. The molecule has 0 atom stereocenters. The van der Waals surface area contributed by atoms with E-state index in [0.717, 1.165) is 17.5 Å². The minimum atomic E-state index is -3.07. The second kappa shape index (κ2) is 9.64. The predicted molar refractivity (Wildman–Crippen MR) is 116 cm³/mol. The average Bonchev–Trinajstić information content (AvgIpc) is 3.16. The van der Waals surface area contributed by atoms with Gasteiger partial charge in [0.1, 0.15) is 0 Å². The van der Waals surface area contributed by atoms with E-state index in [0.29, 0.717) is 17.8 Å². The molecule has 3 rings (SSSR count). The fraction of sp³-hybridized carbons (Fsp3) is 0.292. The van der Waals surface area contributed by atoms with Gasteiger partial charge in [-0.15, -0.1) is 5.10 Å². The van der Waals surface area contributed by atoms with Crippen LogP contribution in [0.1, 0.15) is 60.7 Å². The van der Waals surface area contributed by atoms with Gasteiger partial charge in [0.25, 0.3) is 0 Å². The third kappa shape index (κ3) is 5.23. The lowest BCUT2D eigenvalue weighted by Gasteiger charge is -2.10. The van der Waals surface area contributed by atoms with Crippen molar-refractivity contribution in [2.75, 3.05) is 0 Å². The van der Waals surface area contributed by atoms with E-state index in [1.165, 1.54) is 4.68 Å². The molecule has 0 saturated carbocycles. The summed E-state index contributed by atoms with van der Waals surface area (Å²) in [6.45, 7) is 3.93. The summed E-state index contributed by atoms with van der Waals surface area (Å²) in [7, 11) is 0. The maximum absolute atomic E-state index is 14.3. The van der Waals surface area contributed by atoms with Crippen molar-refractivity contribution in [3.63, 3.8) is 0 Å². The number of hydrogen-bond donors (Lipinski definition) is 1. The van der Waals surface area contributed by atoms with Crippen LogP contribution in [0.15, 0.2) is 54.6 Å². The van der Waals surface area contributed by atoms with Crippen molar-refractivity contribution in [3.8, 4) is 11.1 Å². The second-order valence-electron chi connectivity index (χ2n) is 7.26. The van der Waals surface area contributed by atoms with Crippen LogP contribution in [0, 0.1) is 0 Å². The summed E-state index contributed by atoms with van der Waals surface area (Å²) in [4.78, 5) is 15.6. The molecule has 0 radical (unpaired) electrons. The zero-order valence-corrected chi connectivity index (χ0v) is 17.6. The van der Waals surface area contributed by atoms with Gasteiger partial charge >= 0.3 is 11.9 Å². The first-order valence-electron chi connectivity index (χ1n) is 10.3. The highest BCUT2D eigenvalue weighted by Gasteiger charge is 2.35. The molecule has 0 aliphatic carbocycles. The Morgan fingerprint density at radius 3 is 2.48 bits per heavy atom. The standard InChI is InChI=1S/C24H25F2N3O2/c1-3-5-10-21-27-23(24(25,26)15-4-2)28-29(21)16-17-11-13-18(14-12-17)19-8-6-7-9-20(19)22(30)31/h5-14H,3-4,15-16H2,1-2H3,(H,30,31). The molecule has 0 aliphatic rings. The van der Waals surface area contributed by atoms with Crippen LogP contribution < -0.4 is 0 Å². The van der Waals surface area contributed by atoms with Crippen LogP contribution in [0.3, 0.4) is 0 Å². The fourth-order valence-electron chi connectivity index (χ4n) is 3.28. The molecule has 7 heteroatoms. The first kappa shape index (κ1) is 22.3. The number of aromatic nitrogens is 3. The fourth-order valence-corrected chi connectivity index (χ4v) is 3.28. The van der Waals surface area contributed by atoms with Gasteiger partial charge in [-0.25, -0.2) is 14.5 Å². The number of alkyl halides is 2. The summed E-state index contributed by atoms with van der Waals surface area (Å²) < 4.78 is 30.2. The number of nitrogens with zero attached hydrogens (tertiary/aromatic N) is 3. The summed E-state index contributed by atoms with van der Waals surface area (Å²) >= 11 is 0. The summed E-state index contributed by atoms with van der Waals surface area (Å²) in [5, 5.41) is 13.5. The van der Waals surface area contributed by atoms with Gasteiger partial charge in [0, 0.05) is 6.42 Å². The molecule has 0 bridgehead atoms. The van der Waals surface area contributed by atoms with Gasteiger partial charge in [0.2, 0.25) is 5.82 Å². The highest BCUT2D eigenvalue weighted by atomic mass is 19.3. The Morgan fingerprint density at radius 2 is 1.84 bits per heavy atom. The third-order valence-electron chi connectivity index (χ3n) is 4.85. The molecule has 0 fully saturated rings. The van der Waals surface area contributed by atoms with Gasteiger partial charge in [0.05, 0.1) is 12.1 Å². The minimum absolute atomic E-state index is 0.223. The van der Waals surface area contributed by atoms with Crippen molar-refractivity contribution in [1.29, 1.82) is 0 Å². The van der Waals surface area contributed by atoms with Crippen LogP contribution in [-0.2, 0) is 12.5 Å². The van der Waals surface area contributed by atoms with Gasteiger partial charge in [-0.2, -0.15) is 8.78 Å². The van der Waals surface area contributed by atoms with Gasteiger partial charge in [-0.1, -0.05) is 62.4 Å². The topological polar surface area (TPSA) is 68.0 Å². The quantitative estimate of drug-likeness (QED) is 0.456. The van der Waals surface area contributed by atoms with Crippen molar-refractivity contribution < 1.29 is 18.7 Å². The van der Waals surface area contributed by atoms with Gasteiger partial charge in [-0.3, -0.25) is 0 Å². The Balaban J connectivity index is 1.90. The van der Waals surface area contributed by atoms with E-state index < -0.39 is 17.7 Å².